The van der Waals surface area contributed by atoms with Crippen LogP contribution in [0.3, 0.4) is 0 Å². The first-order valence-corrected chi connectivity index (χ1v) is 10.1. The number of rotatable bonds is 8. The molecule has 1 N–H and O–H groups in total. The average molecular weight is 380 g/mol. The van der Waals surface area contributed by atoms with Gasteiger partial charge in [-0.25, -0.2) is 0 Å². The zero-order valence-electron chi connectivity index (χ0n) is 16.8. The molecule has 1 aromatic carbocycles. The Kier molecular flexibility index (Phi) is 5.25. The van der Waals surface area contributed by atoms with Crippen LogP contribution in [-0.2, 0) is 4.79 Å². The molecule has 3 atom stereocenters. The SMILES string of the molecule is COc1ccc([C@@H]2C[C@H]2C(=O)N[C@H](C)c2ccc(OCC3CC3)cn2)cc1C. The van der Waals surface area contributed by atoms with Crippen molar-refractivity contribution in [3.8, 4) is 11.5 Å². The summed E-state index contributed by atoms with van der Waals surface area (Å²) in [5, 5.41) is 3.11. The fraction of sp³-hybridized carbons (Fsp3) is 0.478. The number of aryl methyl sites for hydroxylation is 1. The van der Waals surface area contributed by atoms with Crippen LogP contribution >= 0.6 is 0 Å². The Hall–Kier alpha value is -2.56. The highest BCUT2D eigenvalue weighted by Gasteiger charge is 2.44. The Balaban J connectivity index is 1.30. The van der Waals surface area contributed by atoms with Crippen molar-refractivity contribution in [3.05, 3.63) is 53.3 Å². The van der Waals surface area contributed by atoms with Crippen LogP contribution in [0.1, 0.15) is 55.0 Å². The highest BCUT2D eigenvalue weighted by Crippen LogP contribution is 2.48. The molecular weight excluding hydrogens is 352 g/mol. The minimum Gasteiger partial charge on any atom is -0.496 e. The second-order valence-electron chi connectivity index (χ2n) is 8.08. The van der Waals surface area contributed by atoms with Gasteiger partial charge in [0.15, 0.2) is 0 Å². The van der Waals surface area contributed by atoms with Crippen LogP contribution in [0.2, 0.25) is 0 Å². The lowest BCUT2D eigenvalue weighted by Gasteiger charge is -2.14. The zero-order chi connectivity index (χ0) is 19.7. The summed E-state index contributed by atoms with van der Waals surface area (Å²) in [6.45, 7) is 4.78. The summed E-state index contributed by atoms with van der Waals surface area (Å²) < 4.78 is 11.0. The maximum absolute atomic E-state index is 12.6. The number of aromatic nitrogens is 1. The van der Waals surface area contributed by atoms with Crippen LogP contribution in [0.4, 0.5) is 0 Å². The molecule has 5 heteroatoms. The first kappa shape index (κ1) is 18.8. The molecule has 1 heterocycles. The first-order valence-electron chi connectivity index (χ1n) is 10.1. The number of ether oxygens (including phenoxy) is 2. The minimum absolute atomic E-state index is 0.0383. The van der Waals surface area contributed by atoms with Gasteiger partial charge in [0.1, 0.15) is 11.5 Å². The summed E-state index contributed by atoms with van der Waals surface area (Å²) in [6, 6.07) is 9.93. The van der Waals surface area contributed by atoms with Crippen molar-refractivity contribution in [2.45, 2.75) is 45.1 Å². The van der Waals surface area contributed by atoms with Gasteiger partial charge in [0.2, 0.25) is 5.91 Å². The van der Waals surface area contributed by atoms with Crippen LogP contribution < -0.4 is 14.8 Å². The number of carbonyl (C=O) groups excluding carboxylic acids is 1. The lowest BCUT2D eigenvalue weighted by molar-refractivity contribution is -0.123. The van der Waals surface area contributed by atoms with E-state index in [-0.39, 0.29) is 17.9 Å². The molecule has 1 aromatic heterocycles. The second kappa shape index (κ2) is 7.82. The molecular formula is C23H28N2O3. The Morgan fingerprint density at radius 3 is 2.75 bits per heavy atom. The summed E-state index contributed by atoms with van der Waals surface area (Å²) in [7, 11) is 1.68. The lowest BCUT2D eigenvalue weighted by Crippen LogP contribution is -2.28. The standard InChI is InChI=1S/C23H28N2O3/c1-14-10-17(6-9-22(14)27-3)19-11-20(19)23(26)25-15(2)21-8-7-18(12-24-21)28-13-16-4-5-16/h6-10,12,15-16,19-20H,4-5,11,13H2,1-3H3,(H,25,26)/t15-,19+,20-/m1/s1. The third-order valence-corrected chi connectivity index (χ3v) is 5.72. The van der Waals surface area contributed by atoms with Crippen LogP contribution in [0.5, 0.6) is 11.5 Å². The Morgan fingerprint density at radius 1 is 1.29 bits per heavy atom. The predicted molar refractivity (Wildman–Crippen MR) is 108 cm³/mol. The van der Waals surface area contributed by atoms with Gasteiger partial charge in [-0.3, -0.25) is 9.78 Å². The molecule has 2 aliphatic rings. The van der Waals surface area contributed by atoms with E-state index >= 15 is 0 Å². The van der Waals surface area contributed by atoms with E-state index in [1.54, 1.807) is 13.3 Å². The van der Waals surface area contributed by atoms with Crippen LogP contribution in [-0.4, -0.2) is 24.6 Å². The number of hydrogen-bond donors (Lipinski definition) is 1. The molecule has 4 rings (SSSR count). The Bertz CT molecular complexity index is 845. The van der Waals surface area contributed by atoms with Gasteiger partial charge < -0.3 is 14.8 Å². The molecule has 148 valence electrons. The molecule has 28 heavy (non-hydrogen) atoms. The molecule has 2 saturated carbocycles. The van der Waals surface area contributed by atoms with Crippen LogP contribution in [0, 0.1) is 18.8 Å². The number of pyridine rings is 1. The number of benzene rings is 1. The highest BCUT2D eigenvalue weighted by molar-refractivity contribution is 5.83. The molecule has 2 aliphatic carbocycles. The molecule has 0 aliphatic heterocycles. The third-order valence-electron chi connectivity index (χ3n) is 5.72. The van der Waals surface area contributed by atoms with Crippen molar-refractivity contribution in [1.29, 1.82) is 0 Å². The van der Waals surface area contributed by atoms with E-state index in [0.717, 1.165) is 41.7 Å². The minimum atomic E-state index is -0.121. The summed E-state index contributed by atoms with van der Waals surface area (Å²) in [4.78, 5) is 17.1. The monoisotopic (exact) mass is 380 g/mol. The molecule has 0 bridgehead atoms. The molecule has 1 amide bonds. The van der Waals surface area contributed by atoms with Crippen LogP contribution in [0.25, 0.3) is 0 Å². The van der Waals surface area contributed by atoms with E-state index in [0.29, 0.717) is 5.92 Å². The van der Waals surface area contributed by atoms with E-state index in [1.807, 2.05) is 32.0 Å². The second-order valence-corrected chi connectivity index (χ2v) is 8.08. The summed E-state index contributed by atoms with van der Waals surface area (Å²) in [6.07, 6.45) is 5.19. The normalized spacial score (nSPS) is 21.7. The van der Waals surface area contributed by atoms with Gasteiger partial charge >= 0.3 is 0 Å². The van der Waals surface area contributed by atoms with Crippen LogP contribution in [0.15, 0.2) is 36.5 Å². The van der Waals surface area contributed by atoms with E-state index in [9.17, 15) is 4.79 Å². The lowest BCUT2D eigenvalue weighted by atomic mass is 10.1. The fourth-order valence-electron chi connectivity index (χ4n) is 3.61. The summed E-state index contributed by atoms with van der Waals surface area (Å²) in [5.41, 5.74) is 3.17. The average Bonchev–Trinajstić information content (AvgIpc) is 3.61. The molecule has 5 nitrogen and oxygen atoms in total. The zero-order valence-corrected chi connectivity index (χ0v) is 16.8. The largest absolute Gasteiger partial charge is 0.496 e. The van der Waals surface area contributed by atoms with E-state index in [2.05, 4.69) is 22.4 Å². The number of nitrogens with zero attached hydrogens (tertiary/aromatic N) is 1. The number of amides is 1. The quantitative estimate of drug-likeness (QED) is 0.747. The Labute approximate surface area is 166 Å². The predicted octanol–water partition coefficient (Wildman–Crippen LogP) is 4.17. The molecule has 0 saturated heterocycles. The molecule has 0 unspecified atom stereocenters. The molecule has 0 radical (unpaired) electrons. The van der Waals surface area contributed by atoms with Gasteiger partial charge in [-0.05, 0) is 74.3 Å². The third kappa shape index (κ3) is 4.29. The van der Waals surface area contributed by atoms with E-state index < -0.39 is 0 Å². The van der Waals surface area contributed by atoms with Gasteiger partial charge in [-0.15, -0.1) is 0 Å². The van der Waals surface area contributed by atoms with Crippen molar-refractivity contribution < 1.29 is 14.3 Å². The number of methoxy groups -OCH3 is 1. The molecule has 2 aromatic rings. The van der Waals surface area contributed by atoms with E-state index in [4.69, 9.17) is 9.47 Å². The maximum atomic E-state index is 12.6. The van der Waals surface area contributed by atoms with Gasteiger partial charge in [-0.2, -0.15) is 0 Å². The molecule has 2 fully saturated rings. The van der Waals surface area contributed by atoms with Gasteiger partial charge in [0.05, 0.1) is 31.6 Å². The van der Waals surface area contributed by atoms with Gasteiger partial charge in [0, 0.05) is 5.92 Å². The van der Waals surface area contributed by atoms with Gasteiger partial charge in [0.25, 0.3) is 0 Å². The van der Waals surface area contributed by atoms with Crippen molar-refractivity contribution in [2.24, 2.45) is 11.8 Å². The number of nitrogens with one attached hydrogen (secondary N) is 1. The van der Waals surface area contributed by atoms with E-state index in [1.165, 1.54) is 18.4 Å². The van der Waals surface area contributed by atoms with Crippen molar-refractivity contribution in [2.75, 3.05) is 13.7 Å². The Morgan fingerprint density at radius 2 is 2.11 bits per heavy atom. The maximum Gasteiger partial charge on any atom is 0.224 e. The van der Waals surface area contributed by atoms with Gasteiger partial charge in [-0.1, -0.05) is 12.1 Å². The topological polar surface area (TPSA) is 60.5 Å². The molecule has 0 spiro atoms. The smallest absolute Gasteiger partial charge is 0.224 e. The first-order chi connectivity index (χ1) is 13.5. The highest BCUT2D eigenvalue weighted by atomic mass is 16.5. The fourth-order valence-corrected chi connectivity index (χ4v) is 3.61. The number of hydrogen-bond acceptors (Lipinski definition) is 4. The van der Waals surface area contributed by atoms with Crippen molar-refractivity contribution >= 4 is 5.91 Å². The van der Waals surface area contributed by atoms with Crippen molar-refractivity contribution in [3.63, 3.8) is 0 Å². The summed E-state index contributed by atoms with van der Waals surface area (Å²) >= 11 is 0. The number of carbonyl (C=O) groups is 1. The van der Waals surface area contributed by atoms with Crippen molar-refractivity contribution in [1.82, 2.24) is 10.3 Å². The summed E-state index contributed by atoms with van der Waals surface area (Å²) in [5.74, 6) is 2.83.